The van der Waals surface area contributed by atoms with E-state index in [4.69, 9.17) is 4.42 Å². The number of aromatic nitrogens is 2. The van der Waals surface area contributed by atoms with Gasteiger partial charge in [-0.15, -0.1) is 0 Å². The molecule has 1 saturated heterocycles. The molecule has 0 atom stereocenters. The first kappa shape index (κ1) is 24.6. The zero-order chi connectivity index (χ0) is 25.0. The van der Waals surface area contributed by atoms with E-state index in [1.54, 1.807) is 26.0 Å². The molecule has 7 nitrogen and oxygen atoms in total. The largest absolute Gasteiger partial charge is 0.437 e. The number of nitrogens with one attached hydrogen (secondary N) is 1. The predicted molar refractivity (Wildman–Crippen MR) is 128 cm³/mol. The molecular weight excluding hydrogens is 459 g/mol. The van der Waals surface area contributed by atoms with Crippen molar-refractivity contribution in [1.29, 1.82) is 0 Å². The number of hydrogen-bond acceptors (Lipinski definition) is 6. The average molecular weight is 488 g/mol. The molecule has 10 heteroatoms. The summed E-state index contributed by atoms with van der Waals surface area (Å²) in [6.45, 7) is 6.00. The molecule has 1 aromatic carbocycles. The maximum atomic E-state index is 13.5. The number of anilines is 3. The highest BCUT2D eigenvalue weighted by molar-refractivity contribution is 6.03. The summed E-state index contributed by atoms with van der Waals surface area (Å²) in [5.41, 5.74) is 0.266. The van der Waals surface area contributed by atoms with Crippen molar-refractivity contribution in [2.45, 2.75) is 38.8 Å². The maximum absolute atomic E-state index is 13.5. The number of carbonyl (C=O) groups is 1. The molecule has 2 aromatic heterocycles. The standard InChI is InChI=1S/C25H28F3N5O2/c1-3-32(4-2)24-31-22(25(26,27)28)21(35-24)23(34)30-19-10-11-20(29-16-19)33-14-12-18(13-15-33)17-8-6-5-7-9-17/h5-11,16,18H,3-4,12-15H2,1-2H3,(H,30,34). The summed E-state index contributed by atoms with van der Waals surface area (Å²) < 4.78 is 45.7. The summed E-state index contributed by atoms with van der Waals surface area (Å²) in [6, 6.07) is 13.6. The van der Waals surface area contributed by atoms with E-state index in [0.29, 0.717) is 19.0 Å². The minimum absolute atomic E-state index is 0.236. The van der Waals surface area contributed by atoms with E-state index in [0.717, 1.165) is 31.7 Å². The Balaban J connectivity index is 1.42. The molecule has 1 N–H and O–H groups in total. The smallest absolute Gasteiger partial charge is 0.417 e. The quantitative estimate of drug-likeness (QED) is 0.470. The lowest BCUT2D eigenvalue weighted by atomic mass is 9.89. The van der Waals surface area contributed by atoms with E-state index in [9.17, 15) is 18.0 Å². The normalized spacial score (nSPS) is 14.7. The number of pyridine rings is 1. The van der Waals surface area contributed by atoms with Crippen molar-refractivity contribution in [3.8, 4) is 0 Å². The lowest BCUT2D eigenvalue weighted by Gasteiger charge is -2.33. The molecule has 1 aliphatic heterocycles. The van der Waals surface area contributed by atoms with Crippen molar-refractivity contribution in [1.82, 2.24) is 9.97 Å². The van der Waals surface area contributed by atoms with Crippen LogP contribution in [0.25, 0.3) is 0 Å². The second-order valence-electron chi connectivity index (χ2n) is 8.38. The van der Waals surface area contributed by atoms with Crippen molar-refractivity contribution < 1.29 is 22.4 Å². The molecule has 1 aliphatic rings. The van der Waals surface area contributed by atoms with Crippen molar-refractivity contribution >= 4 is 23.4 Å². The van der Waals surface area contributed by atoms with Gasteiger partial charge < -0.3 is 19.5 Å². The number of hydrogen-bond donors (Lipinski definition) is 1. The van der Waals surface area contributed by atoms with Gasteiger partial charge in [0.1, 0.15) is 5.82 Å². The van der Waals surface area contributed by atoms with E-state index in [-0.39, 0.29) is 11.7 Å². The molecule has 0 spiro atoms. The van der Waals surface area contributed by atoms with Crippen LogP contribution in [0.15, 0.2) is 53.1 Å². The Kier molecular flexibility index (Phi) is 7.28. The number of piperidine rings is 1. The van der Waals surface area contributed by atoms with Crippen LogP contribution in [0.3, 0.4) is 0 Å². The Bertz CT molecular complexity index is 1120. The van der Waals surface area contributed by atoms with E-state index in [1.165, 1.54) is 16.7 Å². The number of amides is 1. The molecule has 0 bridgehead atoms. The monoisotopic (exact) mass is 487 g/mol. The molecule has 1 amide bonds. The second kappa shape index (κ2) is 10.4. The van der Waals surface area contributed by atoms with Crippen LogP contribution in [-0.2, 0) is 6.18 Å². The average Bonchev–Trinajstić information content (AvgIpc) is 3.32. The van der Waals surface area contributed by atoms with E-state index in [2.05, 4.69) is 44.5 Å². The topological polar surface area (TPSA) is 74.5 Å². The Morgan fingerprint density at radius 2 is 1.80 bits per heavy atom. The number of halogens is 3. The summed E-state index contributed by atoms with van der Waals surface area (Å²) >= 11 is 0. The van der Waals surface area contributed by atoms with Crippen molar-refractivity contribution in [2.24, 2.45) is 0 Å². The third-order valence-electron chi connectivity index (χ3n) is 6.22. The highest BCUT2D eigenvalue weighted by Crippen LogP contribution is 2.35. The van der Waals surface area contributed by atoms with Crippen molar-refractivity contribution in [3.05, 3.63) is 65.7 Å². The number of alkyl halides is 3. The van der Waals surface area contributed by atoms with Crippen molar-refractivity contribution in [2.75, 3.05) is 41.3 Å². The van der Waals surface area contributed by atoms with Gasteiger partial charge in [0.15, 0.2) is 5.69 Å². The third-order valence-corrected chi connectivity index (χ3v) is 6.22. The molecule has 186 valence electrons. The van der Waals surface area contributed by atoms with Gasteiger partial charge >= 0.3 is 6.18 Å². The van der Waals surface area contributed by atoms with Crippen LogP contribution in [-0.4, -0.2) is 42.1 Å². The van der Waals surface area contributed by atoms with Crippen LogP contribution < -0.4 is 15.1 Å². The summed E-state index contributed by atoms with van der Waals surface area (Å²) in [4.78, 5) is 24.3. The molecule has 0 radical (unpaired) electrons. The zero-order valence-electron chi connectivity index (χ0n) is 19.7. The van der Waals surface area contributed by atoms with Crippen LogP contribution in [0.5, 0.6) is 0 Å². The summed E-state index contributed by atoms with van der Waals surface area (Å²) in [5, 5.41) is 2.45. The van der Waals surface area contributed by atoms with Gasteiger partial charge in [0.05, 0.1) is 11.9 Å². The van der Waals surface area contributed by atoms with Crippen molar-refractivity contribution in [3.63, 3.8) is 0 Å². The van der Waals surface area contributed by atoms with E-state index in [1.807, 2.05) is 6.07 Å². The zero-order valence-corrected chi connectivity index (χ0v) is 19.7. The fourth-order valence-electron chi connectivity index (χ4n) is 4.29. The van der Waals surface area contributed by atoms with Gasteiger partial charge in [-0.3, -0.25) is 4.79 Å². The third kappa shape index (κ3) is 5.58. The summed E-state index contributed by atoms with van der Waals surface area (Å²) in [6.07, 6.45) is -1.38. The van der Waals surface area contributed by atoms with Gasteiger partial charge in [-0.2, -0.15) is 18.2 Å². The molecule has 0 unspecified atom stereocenters. The van der Waals surface area contributed by atoms with Gasteiger partial charge in [-0.05, 0) is 50.3 Å². The van der Waals surface area contributed by atoms with Crippen LogP contribution in [0.4, 0.5) is 30.7 Å². The molecule has 0 saturated carbocycles. The van der Waals surface area contributed by atoms with Crippen LogP contribution in [0.2, 0.25) is 0 Å². The van der Waals surface area contributed by atoms with E-state index >= 15 is 0 Å². The van der Waals surface area contributed by atoms with Gasteiger partial charge in [0.2, 0.25) is 5.76 Å². The lowest BCUT2D eigenvalue weighted by Crippen LogP contribution is -2.33. The first-order valence-corrected chi connectivity index (χ1v) is 11.7. The first-order valence-electron chi connectivity index (χ1n) is 11.7. The minimum atomic E-state index is -4.82. The fraction of sp³-hybridized carbons (Fsp3) is 0.400. The van der Waals surface area contributed by atoms with Gasteiger partial charge in [-0.1, -0.05) is 30.3 Å². The van der Waals surface area contributed by atoms with Crippen LogP contribution in [0, 0.1) is 0 Å². The highest BCUT2D eigenvalue weighted by Gasteiger charge is 2.41. The molecule has 35 heavy (non-hydrogen) atoms. The second-order valence-corrected chi connectivity index (χ2v) is 8.38. The lowest BCUT2D eigenvalue weighted by molar-refractivity contribution is -0.141. The highest BCUT2D eigenvalue weighted by atomic mass is 19.4. The fourth-order valence-corrected chi connectivity index (χ4v) is 4.29. The van der Waals surface area contributed by atoms with Gasteiger partial charge in [0, 0.05) is 26.2 Å². The SMILES string of the molecule is CCN(CC)c1nc(C(F)(F)F)c(C(=O)Nc2ccc(N3CCC(c4ccccc4)CC3)nc2)o1. The molecule has 4 rings (SSSR count). The number of oxazole rings is 1. The first-order chi connectivity index (χ1) is 16.8. The van der Waals surface area contributed by atoms with Crippen LogP contribution in [0.1, 0.15) is 54.4 Å². The Morgan fingerprint density at radius 3 is 2.37 bits per heavy atom. The van der Waals surface area contributed by atoms with Gasteiger partial charge in [0.25, 0.3) is 11.9 Å². The minimum Gasteiger partial charge on any atom is -0.417 e. The number of carbonyl (C=O) groups excluding carboxylic acids is 1. The molecular formula is C25H28F3N5O2. The number of benzene rings is 1. The molecule has 3 heterocycles. The summed E-state index contributed by atoms with van der Waals surface area (Å²) in [7, 11) is 0. The number of rotatable bonds is 7. The number of nitrogens with zero attached hydrogens (tertiary/aromatic N) is 4. The predicted octanol–water partition coefficient (Wildman–Crippen LogP) is 5.57. The summed E-state index contributed by atoms with van der Waals surface area (Å²) in [5.74, 6) is -0.626. The maximum Gasteiger partial charge on any atom is 0.437 e. The Morgan fingerprint density at radius 1 is 1.11 bits per heavy atom. The van der Waals surface area contributed by atoms with E-state index < -0.39 is 23.5 Å². The Labute approximate surface area is 202 Å². The Hall–Kier alpha value is -3.56. The molecule has 3 aromatic rings. The molecule has 1 fully saturated rings. The molecule has 0 aliphatic carbocycles. The van der Waals surface area contributed by atoms with Crippen LogP contribution >= 0.6 is 0 Å². The van der Waals surface area contributed by atoms with Gasteiger partial charge in [-0.25, -0.2) is 4.98 Å².